The first-order valence-electron chi connectivity index (χ1n) is 7.77. The zero-order chi connectivity index (χ0) is 16.1. The molecular formula is C16H21N5OS. The third-order valence-corrected chi connectivity index (χ3v) is 4.74. The molecule has 3 heterocycles. The Balaban J connectivity index is 1.46. The lowest BCUT2D eigenvalue weighted by atomic mass is 10.1. The van der Waals surface area contributed by atoms with E-state index in [9.17, 15) is 4.79 Å². The Kier molecular flexibility index (Phi) is 5.07. The molecule has 1 fully saturated rings. The van der Waals surface area contributed by atoms with Crippen molar-refractivity contribution in [2.45, 2.75) is 25.4 Å². The highest BCUT2D eigenvalue weighted by molar-refractivity contribution is 7.07. The van der Waals surface area contributed by atoms with Crippen molar-refractivity contribution in [3.8, 4) is 0 Å². The van der Waals surface area contributed by atoms with Crippen molar-refractivity contribution in [1.29, 1.82) is 0 Å². The molecule has 2 amide bonds. The van der Waals surface area contributed by atoms with Crippen LogP contribution in [0.15, 0.2) is 35.3 Å². The summed E-state index contributed by atoms with van der Waals surface area (Å²) in [7, 11) is 1.83. The average Bonchev–Trinajstić information content (AvgIpc) is 3.09. The summed E-state index contributed by atoms with van der Waals surface area (Å²) in [6.45, 7) is 2.37. The lowest BCUT2D eigenvalue weighted by Gasteiger charge is -2.33. The number of thiophene rings is 1. The topological polar surface area (TPSA) is 61.4 Å². The highest BCUT2D eigenvalue weighted by Crippen LogP contribution is 2.16. The van der Waals surface area contributed by atoms with Gasteiger partial charge in [-0.3, -0.25) is 0 Å². The fourth-order valence-electron chi connectivity index (χ4n) is 2.69. The van der Waals surface area contributed by atoms with E-state index in [1.807, 2.05) is 24.6 Å². The van der Waals surface area contributed by atoms with Crippen LogP contribution in [0.1, 0.15) is 18.4 Å². The number of rotatable bonds is 4. The molecule has 0 aliphatic carbocycles. The normalized spacial score (nSPS) is 15.4. The van der Waals surface area contributed by atoms with Crippen LogP contribution in [0.2, 0.25) is 0 Å². The quantitative estimate of drug-likeness (QED) is 0.934. The molecule has 122 valence electrons. The average molecular weight is 331 g/mol. The number of nitrogens with zero attached hydrogens (tertiary/aromatic N) is 4. The van der Waals surface area contributed by atoms with Crippen molar-refractivity contribution in [2.24, 2.45) is 0 Å². The third-order valence-electron chi connectivity index (χ3n) is 4.00. The van der Waals surface area contributed by atoms with E-state index in [-0.39, 0.29) is 12.1 Å². The van der Waals surface area contributed by atoms with Gasteiger partial charge < -0.3 is 15.1 Å². The van der Waals surface area contributed by atoms with Crippen LogP contribution in [0.4, 0.5) is 10.7 Å². The second-order valence-corrected chi connectivity index (χ2v) is 6.53. The van der Waals surface area contributed by atoms with Gasteiger partial charge >= 0.3 is 6.03 Å². The number of anilines is 1. The Morgan fingerprint density at radius 1 is 1.39 bits per heavy atom. The van der Waals surface area contributed by atoms with Gasteiger partial charge in [0.2, 0.25) is 5.95 Å². The number of piperidine rings is 1. The largest absolute Gasteiger partial charge is 0.341 e. The predicted octanol–water partition coefficient (Wildman–Crippen LogP) is 2.35. The van der Waals surface area contributed by atoms with Crippen LogP contribution in [-0.2, 0) is 6.54 Å². The van der Waals surface area contributed by atoms with E-state index in [1.54, 1.807) is 28.6 Å². The summed E-state index contributed by atoms with van der Waals surface area (Å²) in [6, 6.07) is 4.07. The zero-order valence-corrected chi connectivity index (χ0v) is 14.0. The Labute approximate surface area is 140 Å². The van der Waals surface area contributed by atoms with Crippen LogP contribution in [0.25, 0.3) is 0 Å². The van der Waals surface area contributed by atoms with Gasteiger partial charge in [-0.2, -0.15) is 11.3 Å². The maximum atomic E-state index is 12.3. The molecule has 0 spiro atoms. The number of hydrogen-bond donors (Lipinski definition) is 1. The van der Waals surface area contributed by atoms with Gasteiger partial charge in [0.25, 0.3) is 0 Å². The number of hydrogen-bond acceptors (Lipinski definition) is 5. The number of amides is 2. The van der Waals surface area contributed by atoms with Gasteiger partial charge in [0, 0.05) is 45.1 Å². The lowest BCUT2D eigenvalue weighted by molar-refractivity contribution is 0.200. The summed E-state index contributed by atoms with van der Waals surface area (Å²) in [4.78, 5) is 24.7. The second kappa shape index (κ2) is 7.41. The second-order valence-electron chi connectivity index (χ2n) is 5.75. The molecular weight excluding hydrogens is 310 g/mol. The summed E-state index contributed by atoms with van der Waals surface area (Å²) in [6.07, 6.45) is 5.35. The van der Waals surface area contributed by atoms with Gasteiger partial charge in [0.05, 0.1) is 0 Å². The van der Waals surface area contributed by atoms with Crippen molar-refractivity contribution in [2.75, 3.05) is 25.0 Å². The Morgan fingerprint density at radius 3 is 2.78 bits per heavy atom. The van der Waals surface area contributed by atoms with E-state index >= 15 is 0 Å². The van der Waals surface area contributed by atoms with Crippen molar-refractivity contribution in [3.05, 3.63) is 40.8 Å². The number of nitrogens with one attached hydrogen (secondary N) is 1. The van der Waals surface area contributed by atoms with Crippen LogP contribution in [0.3, 0.4) is 0 Å². The first kappa shape index (κ1) is 15.7. The highest BCUT2D eigenvalue weighted by Gasteiger charge is 2.23. The van der Waals surface area contributed by atoms with Crippen molar-refractivity contribution >= 4 is 23.3 Å². The Bertz CT molecular complexity index is 611. The van der Waals surface area contributed by atoms with Gasteiger partial charge in [0.1, 0.15) is 0 Å². The van der Waals surface area contributed by atoms with Gasteiger partial charge in [-0.25, -0.2) is 14.8 Å². The van der Waals surface area contributed by atoms with Gasteiger partial charge in [-0.05, 0) is 41.3 Å². The van der Waals surface area contributed by atoms with Crippen molar-refractivity contribution in [1.82, 2.24) is 20.2 Å². The molecule has 23 heavy (non-hydrogen) atoms. The molecule has 1 saturated heterocycles. The van der Waals surface area contributed by atoms with E-state index < -0.39 is 0 Å². The summed E-state index contributed by atoms with van der Waals surface area (Å²) in [5.41, 5.74) is 1.17. The van der Waals surface area contributed by atoms with Crippen LogP contribution in [-0.4, -0.2) is 47.1 Å². The first-order chi connectivity index (χ1) is 11.2. The molecule has 2 aromatic rings. The molecule has 0 aromatic carbocycles. The smallest absolute Gasteiger partial charge is 0.317 e. The fourth-order valence-corrected chi connectivity index (χ4v) is 3.35. The standard InChI is InChI=1S/C16H21N5OS/c1-20(11-13-5-10-23-12-13)16(22)19-14-3-8-21(9-4-14)15-17-6-2-7-18-15/h2,5-7,10,12,14H,3-4,8-9,11H2,1H3,(H,19,22). The summed E-state index contributed by atoms with van der Waals surface area (Å²) < 4.78 is 0. The van der Waals surface area contributed by atoms with E-state index in [2.05, 4.69) is 25.6 Å². The van der Waals surface area contributed by atoms with Crippen LogP contribution in [0, 0.1) is 0 Å². The minimum Gasteiger partial charge on any atom is -0.341 e. The van der Waals surface area contributed by atoms with E-state index in [4.69, 9.17) is 0 Å². The highest BCUT2D eigenvalue weighted by atomic mass is 32.1. The molecule has 1 N–H and O–H groups in total. The summed E-state index contributed by atoms with van der Waals surface area (Å²) in [5.74, 6) is 0.770. The summed E-state index contributed by atoms with van der Waals surface area (Å²) >= 11 is 1.65. The maximum Gasteiger partial charge on any atom is 0.317 e. The third kappa shape index (κ3) is 4.19. The first-order valence-corrected chi connectivity index (χ1v) is 8.71. The van der Waals surface area contributed by atoms with Crippen molar-refractivity contribution in [3.63, 3.8) is 0 Å². The zero-order valence-electron chi connectivity index (χ0n) is 13.2. The Hall–Kier alpha value is -2.15. The predicted molar refractivity (Wildman–Crippen MR) is 91.6 cm³/mol. The van der Waals surface area contributed by atoms with Gasteiger partial charge in [-0.1, -0.05) is 0 Å². The molecule has 1 aliphatic heterocycles. The SMILES string of the molecule is CN(Cc1ccsc1)C(=O)NC1CCN(c2ncccn2)CC1. The molecule has 0 atom stereocenters. The molecule has 0 radical (unpaired) electrons. The monoisotopic (exact) mass is 331 g/mol. The molecule has 3 rings (SSSR count). The number of carbonyl (C=O) groups is 1. The number of carbonyl (C=O) groups excluding carboxylic acids is 1. The number of urea groups is 1. The van der Waals surface area contributed by atoms with Gasteiger partial charge in [-0.15, -0.1) is 0 Å². The molecule has 2 aromatic heterocycles. The summed E-state index contributed by atoms with van der Waals surface area (Å²) in [5, 5.41) is 7.23. The minimum atomic E-state index is -0.00869. The molecule has 6 nitrogen and oxygen atoms in total. The Morgan fingerprint density at radius 2 is 2.13 bits per heavy atom. The molecule has 0 bridgehead atoms. The van der Waals surface area contributed by atoms with Crippen molar-refractivity contribution < 1.29 is 4.79 Å². The van der Waals surface area contributed by atoms with E-state index in [0.29, 0.717) is 6.54 Å². The van der Waals surface area contributed by atoms with Gasteiger partial charge in [0.15, 0.2) is 0 Å². The van der Waals surface area contributed by atoms with Crippen LogP contribution in [0.5, 0.6) is 0 Å². The maximum absolute atomic E-state index is 12.3. The van der Waals surface area contributed by atoms with Crippen LogP contribution < -0.4 is 10.2 Å². The minimum absolute atomic E-state index is 0.00869. The number of aromatic nitrogens is 2. The van der Waals surface area contributed by atoms with E-state index in [0.717, 1.165) is 31.9 Å². The van der Waals surface area contributed by atoms with E-state index in [1.165, 1.54) is 5.56 Å². The fraction of sp³-hybridized carbons (Fsp3) is 0.438. The van der Waals surface area contributed by atoms with Crippen LogP contribution >= 0.6 is 11.3 Å². The lowest BCUT2D eigenvalue weighted by Crippen LogP contribution is -2.48. The molecule has 0 unspecified atom stereocenters. The molecule has 7 heteroatoms. The molecule has 1 aliphatic rings. The molecule has 0 saturated carbocycles.